The molecule has 12 nitrogen and oxygen atoms in total. The molecule has 0 atom stereocenters. The van der Waals surface area contributed by atoms with E-state index in [9.17, 15) is 4.39 Å². The van der Waals surface area contributed by atoms with Gasteiger partial charge in [-0.05, 0) is 0 Å². The van der Waals surface area contributed by atoms with Crippen LogP contribution in [0, 0.1) is 5.82 Å². The van der Waals surface area contributed by atoms with Crippen molar-refractivity contribution in [2.45, 2.75) is 0 Å². The first kappa shape index (κ1) is 31.3. The van der Waals surface area contributed by atoms with Gasteiger partial charge in [-0.2, -0.15) is 0 Å². The minimum absolute atomic E-state index is 0.162. The van der Waals surface area contributed by atoms with E-state index >= 15 is 0 Å². The van der Waals surface area contributed by atoms with Gasteiger partial charge in [0.2, 0.25) is 0 Å². The molecule has 0 bridgehead atoms. The summed E-state index contributed by atoms with van der Waals surface area (Å²) >= 11 is 1.86. The fourth-order valence-corrected chi connectivity index (χ4v) is 0.606. The Labute approximate surface area is 146 Å². The molecule has 18 heteroatoms. The van der Waals surface area contributed by atoms with Crippen molar-refractivity contribution in [1.29, 1.82) is 0 Å². The zero-order chi connectivity index (χ0) is 20.3. The molecule has 24 heavy (non-hydrogen) atoms. The van der Waals surface area contributed by atoms with Crippen molar-refractivity contribution >= 4 is 51.2 Å². The zero-order valence-electron chi connectivity index (χ0n) is 12.4. The van der Waals surface area contributed by atoms with Crippen LogP contribution in [0.5, 0.6) is 0 Å². The standard InChI is InChI=1S/C6H4F.4BH3O3.Li/c7-6-4-2-1-3-5-6;4*2-1(3)4;/h1-2,4-5H;4*2-4H;. The van der Waals surface area contributed by atoms with E-state index < -0.39 is 29.3 Å². The average molecular weight is 349 g/mol. The van der Waals surface area contributed by atoms with Crippen molar-refractivity contribution in [3.8, 4) is 0 Å². The van der Waals surface area contributed by atoms with E-state index in [2.05, 4.69) is 0 Å². The van der Waals surface area contributed by atoms with E-state index in [1.165, 1.54) is 12.1 Å². The predicted molar refractivity (Wildman–Crippen MR) is 81.4 cm³/mol. The summed E-state index contributed by atoms with van der Waals surface area (Å²) in [6.07, 6.45) is 0. The van der Waals surface area contributed by atoms with Gasteiger partial charge < -0.3 is 60.3 Å². The van der Waals surface area contributed by atoms with Crippen LogP contribution in [0.1, 0.15) is 0 Å². The van der Waals surface area contributed by atoms with Gasteiger partial charge in [-0.3, -0.25) is 0 Å². The van der Waals surface area contributed by atoms with E-state index in [0.29, 0.717) is 0 Å². The molecular formula is C6H16B4FLiO12. The topological polar surface area (TPSA) is 243 Å². The molecule has 0 fully saturated rings. The molecule has 0 saturated carbocycles. The van der Waals surface area contributed by atoms with E-state index in [1.807, 2.05) is 23.8 Å². The van der Waals surface area contributed by atoms with Gasteiger partial charge in [0.25, 0.3) is 0 Å². The van der Waals surface area contributed by atoms with Crippen molar-refractivity contribution in [2.24, 2.45) is 0 Å². The van der Waals surface area contributed by atoms with Gasteiger partial charge in [-0.15, -0.1) is 0 Å². The number of hydrogen-bond acceptors (Lipinski definition) is 12. The maximum atomic E-state index is 12.2. The first-order valence-electron chi connectivity index (χ1n) is 5.61. The number of halogens is 1. The van der Waals surface area contributed by atoms with Gasteiger partial charge in [0.15, 0.2) is 0 Å². The molecular weight excluding hydrogens is 333 g/mol. The quantitative estimate of drug-likeness (QED) is 0.195. The van der Waals surface area contributed by atoms with E-state index in [0.717, 1.165) is 4.24 Å². The van der Waals surface area contributed by atoms with Crippen molar-refractivity contribution < 1.29 is 64.7 Å². The van der Waals surface area contributed by atoms with Crippen LogP contribution < -0.4 is 4.24 Å². The van der Waals surface area contributed by atoms with Crippen LogP contribution in [-0.2, 0) is 0 Å². The van der Waals surface area contributed by atoms with Gasteiger partial charge in [0.05, 0.1) is 0 Å². The van der Waals surface area contributed by atoms with Gasteiger partial charge in [0.1, 0.15) is 0 Å². The Bertz CT molecular complexity index is 310. The Balaban J connectivity index is -0.000000110. The molecule has 0 unspecified atom stereocenters. The molecule has 132 valence electrons. The molecule has 0 saturated heterocycles. The molecule has 0 spiro atoms. The Morgan fingerprint density at radius 2 is 0.875 bits per heavy atom. The summed E-state index contributed by atoms with van der Waals surface area (Å²) in [6.45, 7) is 0. The third-order valence-electron chi connectivity index (χ3n) is 0.980. The molecule has 1 rings (SSSR count). The van der Waals surface area contributed by atoms with E-state index in [4.69, 9.17) is 60.3 Å². The van der Waals surface area contributed by atoms with Gasteiger partial charge >= 0.3 is 85.7 Å². The second-order valence-electron chi connectivity index (χ2n) is 3.18. The molecule has 0 heterocycles. The fraction of sp³-hybridized carbons (Fsp3) is 0. The molecule has 1 aromatic carbocycles. The van der Waals surface area contributed by atoms with Crippen LogP contribution in [0.2, 0.25) is 0 Å². The summed E-state index contributed by atoms with van der Waals surface area (Å²) in [6, 6.07) is 6.50. The SMILES string of the molecule is OB(O)O.OB(O)O.OB(O)O.OB(O)O.[Li][c]1cccc(F)c1. The van der Waals surface area contributed by atoms with Crippen LogP contribution in [-0.4, -0.2) is 107 Å². The molecule has 1 aromatic rings. The van der Waals surface area contributed by atoms with E-state index in [1.54, 1.807) is 6.07 Å². The maximum absolute atomic E-state index is 12.2. The second-order valence-corrected chi connectivity index (χ2v) is 3.18. The zero-order valence-corrected chi connectivity index (χ0v) is 12.4. The van der Waals surface area contributed by atoms with Crippen molar-refractivity contribution in [3.63, 3.8) is 0 Å². The molecule has 0 aromatic heterocycles. The summed E-state index contributed by atoms with van der Waals surface area (Å²) < 4.78 is 13.1. The first-order valence-corrected chi connectivity index (χ1v) is 5.61. The molecule has 0 radical (unpaired) electrons. The number of rotatable bonds is 0. The average Bonchev–Trinajstić information content (AvgIpc) is 2.24. The Morgan fingerprint density at radius 3 is 1.00 bits per heavy atom. The normalized spacial score (nSPS) is 7.62. The summed E-state index contributed by atoms with van der Waals surface area (Å²) in [5, 5.41) is 86.0. The van der Waals surface area contributed by atoms with Gasteiger partial charge in [0, 0.05) is 0 Å². The minimum atomic E-state index is -2.17. The van der Waals surface area contributed by atoms with Gasteiger partial charge in [-0.1, -0.05) is 0 Å². The number of hydrogen-bond donors (Lipinski definition) is 12. The Kier molecular flexibility index (Phi) is 29.4. The second kappa shape index (κ2) is 22.5. The molecule has 0 aliphatic carbocycles. The van der Waals surface area contributed by atoms with Crippen LogP contribution in [0.3, 0.4) is 0 Å². The monoisotopic (exact) mass is 350 g/mol. The Hall–Kier alpha value is -0.473. The van der Waals surface area contributed by atoms with Crippen molar-refractivity contribution in [1.82, 2.24) is 0 Å². The molecule has 0 aliphatic rings. The summed E-state index contributed by atoms with van der Waals surface area (Å²) in [5.41, 5.74) is 0. The summed E-state index contributed by atoms with van der Waals surface area (Å²) in [4.78, 5) is 0. The van der Waals surface area contributed by atoms with Crippen LogP contribution >= 0.6 is 0 Å². The summed E-state index contributed by atoms with van der Waals surface area (Å²) in [5.74, 6) is -0.162. The third kappa shape index (κ3) is 99.9. The third-order valence-corrected chi connectivity index (χ3v) is 0.980. The van der Waals surface area contributed by atoms with E-state index in [-0.39, 0.29) is 5.82 Å². The van der Waals surface area contributed by atoms with Crippen LogP contribution in [0.4, 0.5) is 4.39 Å². The Morgan fingerprint density at radius 1 is 0.625 bits per heavy atom. The van der Waals surface area contributed by atoms with Gasteiger partial charge in [-0.25, -0.2) is 0 Å². The van der Waals surface area contributed by atoms with Crippen molar-refractivity contribution in [2.75, 3.05) is 0 Å². The fourth-order valence-electron chi connectivity index (χ4n) is 0.606. The van der Waals surface area contributed by atoms with Crippen LogP contribution in [0.25, 0.3) is 0 Å². The van der Waals surface area contributed by atoms with Crippen molar-refractivity contribution in [3.05, 3.63) is 30.1 Å². The molecule has 0 aliphatic heterocycles. The first-order chi connectivity index (χ1) is 10.7. The van der Waals surface area contributed by atoms with Crippen LogP contribution in [0.15, 0.2) is 24.3 Å². The molecule has 12 N–H and O–H groups in total. The predicted octanol–water partition coefficient (Wildman–Crippen LogP) is -7.59. The molecule has 0 amide bonds. The number of benzene rings is 1. The summed E-state index contributed by atoms with van der Waals surface area (Å²) in [7, 11) is -8.67.